The van der Waals surface area contributed by atoms with Crippen molar-refractivity contribution < 1.29 is 14.3 Å². The van der Waals surface area contributed by atoms with Gasteiger partial charge in [-0.25, -0.2) is 10.2 Å². The fourth-order valence-electron chi connectivity index (χ4n) is 2.85. The molecule has 6 heteroatoms. The second kappa shape index (κ2) is 13.5. The number of carbonyl (C=O) groups excluding carboxylic acids is 2. The van der Waals surface area contributed by atoms with Crippen molar-refractivity contribution in [1.82, 2.24) is 5.43 Å². The minimum Gasteiger partial charge on any atom is -0.423 e. The fraction of sp³-hybridized carbons (Fsp3) is 0.375. The number of esters is 1. The van der Waals surface area contributed by atoms with E-state index in [0.29, 0.717) is 22.8 Å². The fourth-order valence-corrected chi connectivity index (χ4v) is 2.98. The van der Waals surface area contributed by atoms with Gasteiger partial charge >= 0.3 is 5.97 Å². The summed E-state index contributed by atoms with van der Waals surface area (Å²) in [5.74, 6) is -0.103. The number of ether oxygens (including phenoxy) is 1. The average molecular weight is 429 g/mol. The molecule has 5 nitrogen and oxygen atoms in total. The Morgan fingerprint density at radius 2 is 1.57 bits per heavy atom. The molecule has 2 aromatic carbocycles. The molecule has 0 spiro atoms. The maximum absolute atomic E-state index is 12.1. The zero-order valence-corrected chi connectivity index (χ0v) is 18.2. The molecule has 1 amide bonds. The van der Waals surface area contributed by atoms with Gasteiger partial charge in [0, 0.05) is 11.4 Å². The Morgan fingerprint density at radius 3 is 2.23 bits per heavy atom. The van der Waals surface area contributed by atoms with E-state index in [-0.39, 0.29) is 5.91 Å². The van der Waals surface area contributed by atoms with Gasteiger partial charge in [0.05, 0.1) is 11.8 Å². The number of hydrogen-bond donors (Lipinski definition) is 1. The standard InChI is InChI=1S/C24H29ClN2O3/c1-2-3-4-5-6-7-8-9-23(28)27-26-18-19-10-16-22(17-11-19)30-24(29)20-12-14-21(25)15-13-20/h10-18H,2-9H2,1H3,(H,27,28)/b26-18-. The Kier molecular flexibility index (Phi) is 10.7. The molecular weight excluding hydrogens is 400 g/mol. The molecule has 30 heavy (non-hydrogen) atoms. The molecule has 0 aliphatic heterocycles. The van der Waals surface area contributed by atoms with Crippen molar-refractivity contribution in [1.29, 1.82) is 0 Å². The van der Waals surface area contributed by atoms with E-state index in [1.54, 1.807) is 54.7 Å². The molecule has 1 N–H and O–H groups in total. The van der Waals surface area contributed by atoms with Crippen LogP contribution in [0.4, 0.5) is 0 Å². The summed E-state index contributed by atoms with van der Waals surface area (Å²) in [6, 6.07) is 13.4. The quantitative estimate of drug-likeness (QED) is 0.145. The zero-order valence-electron chi connectivity index (χ0n) is 17.4. The van der Waals surface area contributed by atoms with E-state index in [1.165, 1.54) is 32.1 Å². The molecule has 0 heterocycles. The second-order valence-electron chi connectivity index (χ2n) is 7.13. The largest absolute Gasteiger partial charge is 0.423 e. The van der Waals surface area contributed by atoms with Crippen LogP contribution in [0.1, 0.15) is 74.2 Å². The number of nitrogens with one attached hydrogen (secondary N) is 1. The second-order valence-corrected chi connectivity index (χ2v) is 7.57. The summed E-state index contributed by atoms with van der Waals surface area (Å²) in [7, 11) is 0. The molecule has 0 saturated heterocycles. The van der Waals surface area contributed by atoms with Crippen molar-refractivity contribution >= 4 is 29.7 Å². The predicted octanol–water partition coefficient (Wildman–Crippen LogP) is 6.15. The molecule has 0 aliphatic rings. The Morgan fingerprint density at radius 1 is 0.933 bits per heavy atom. The molecular formula is C24H29ClN2O3. The van der Waals surface area contributed by atoms with Crippen LogP contribution in [-0.2, 0) is 4.79 Å². The molecule has 0 aromatic heterocycles. The summed E-state index contributed by atoms with van der Waals surface area (Å²) in [4.78, 5) is 23.9. The highest BCUT2D eigenvalue weighted by molar-refractivity contribution is 6.30. The van der Waals surface area contributed by atoms with Gasteiger partial charge in [-0.1, -0.05) is 57.0 Å². The van der Waals surface area contributed by atoms with Gasteiger partial charge in [0.2, 0.25) is 5.91 Å². The Hall–Kier alpha value is -2.66. The van der Waals surface area contributed by atoms with E-state index in [2.05, 4.69) is 17.5 Å². The maximum Gasteiger partial charge on any atom is 0.343 e. The molecule has 2 aromatic rings. The molecule has 0 unspecified atom stereocenters. The van der Waals surface area contributed by atoms with Crippen LogP contribution >= 0.6 is 11.6 Å². The van der Waals surface area contributed by atoms with Crippen LogP contribution in [0.3, 0.4) is 0 Å². The number of hydrogen-bond acceptors (Lipinski definition) is 4. The van der Waals surface area contributed by atoms with Crippen LogP contribution in [0.15, 0.2) is 53.6 Å². The van der Waals surface area contributed by atoms with Gasteiger partial charge in [-0.15, -0.1) is 0 Å². The summed E-state index contributed by atoms with van der Waals surface area (Å²) in [6.45, 7) is 2.21. The highest BCUT2D eigenvalue weighted by atomic mass is 35.5. The lowest BCUT2D eigenvalue weighted by Crippen LogP contribution is -2.16. The number of halogens is 1. The van der Waals surface area contributed by atoms with Gasteiger partial charge in [0.1, 0.15) is 5.75 Å². The van der Waals surface area contributed by atoms with Crippen LogP contribution in [0.5, 0.6) is 5.75 Å². The first-order valence-corrected chi connectivity index (χ1v) is 10.9. The van der Waals surface area contributed by atoms with Crippen LogP contribution in [-0.4, -0.2) is 18.1 Å². The van der Waals surface area contributed by atoms with E-state index in [1.807, 2.05) is 0 Å². The maximum atomic E-state index is 12.1. The van der Waals surface area contributed by atoms with Gasteiger partial charge in [0.25, 0.3) is 0 Å². The minimum absolute atomic E-state index is 0.0756. The number of rotatable bonds is 12. The number of amides is 1. The molecule has 0 bridgehead atoms. The SMILES string of the molecule is CCCCCCCCCC(=O)N/N=C\c1ccc(OC(=O)c2ccc(Cl)cc2)cc1. The highest BCUT2D eigenvalue weighted by Crippen LogP contribution is 2.15. The lowest BCUT2D eigenvalue weighted by Gasteiger charge is -2.05. The van der Waals surface area contributed by atoms with Crippen LogP contribution in [0, 0.1) is 0 Å². The summed E-state index contributed by atoms with van der Waals surface area (Å²) in [5, 5.41) is 4.54. The van der Waals surface area contributed by atoms with Crippen molar-refractivity contribution in [2.24, 2.45) is 5.10 Å². The number of carbonyl (C=O) groups is 2. The third-order valence-corrected chi connectivity index (χ3v) is 4.83. The van der Waals surface area contributed by atoms with Crippen LogP contribution < -0.4 is 10.2 Å². The molecule has 160 valence electrons. The van der Waals surface area contributed by atoms with E-state index in [9.17, 15) is 9.59 Å². The van der Waals surface area contributed by atoms with Crippen molar-refractivity contribution in [2.75, 3.05) is 0 Å². The third kappa shape index (κ3) is 9.23. The average Bonchev–Trinajstić information content (AvgIpc) is 2.75. The molecule has 0 atom stereocenters. The van der Waals surface area contributed by atoms with Gasteiger partial charge in [0.15, 0.2) is 0 Å². The molecule has 0 aliphatic carbocycles. The minimum atomic E-state index is -0.453. The lowest BCUT2D eigenvalue weighted by molar-refractivity contribution is -0.121. The summed E-state index contributed by atoms with van der Waals surface area (Å²) in [5.41, 5.74) is 3.76. The monoisotopic (exact) mass is 428 g/mol. The van der Waals surface area contributed by atoms with E-state index in [4.69, 9.17) is 16.3 Å². The zero-order chi connectivity index (χ0) is 21.6. The number of nitrogens with zero attached hydrogens (tertiary/aromatic N) is 1. The smallest absolute Gasteiger partial charge is 0.343 e. The van der Waals surface area contributed by atoms with Crippen molar-refractivity contribution in [3.05, 3.63) is 64.7 Å². The topological polar surface area (TPSA) is 67.8 Å². The summed E-state index contributed by atoms with van der Waals surface area (Å²) in [6.07, 6.45) is 10.3. The Labute approximate surface area is 183 Å². The molecule has 0 fully saturated rings. The summed E-state index contributed by atoms with van der Waals surface area (Å²) < 4.78 is 5.33. The lowest BCUT2D eigenvalue weighted by atomic mass is 10.1. The van der Waals surface area contributed by atoms with Gasteiger partial charge < -0.3 is 4.74 Å². The van der Waals surface area contributed by atoms with Crippen molar-refractivity contribution in [3.8, 4) is 5.75 Å². The first kappa shape index (κ1) is 23.6. The predicted molar refractivity (Wildman–Crippen MR) is 121 cm³/mol. The number of unbranched alkanes of at least 4 members (excludes halogenated alkanes) is 6. The van der Waals surface area contributed by atoms with Crippen molar-refractivity contribution in [3.63, 3.8) is 0 Å². The van der Waals surface area contributed by atoms with Gasteiger partial charge in [-0.3, -0.25) is 4.79 Å². The Bertz CT molecular complexity index is 817. The first-order valence-electron chi connectivity index (χ1n) is 10.5. The van der Waals surface area contributed by atoms with Gasteiger partial charge in [-0.2, -0.15) is 5.10 Å². The molecule has 2 rings (SSSR count). The summed E-state index contributed by atoms with van der Waals surface area (Å²) >= 11 is 5.82. The number of benzene rings is 2. The Balaban J connectivity index is 1.68. The van der Waals surface area contributed by atoms with Crippen LogP contribution in [0.2, 0.25) is 5.02 Å². The first-order chi connectivity index (χ1) is 14.6. The van der Waals surface area contributed by atoms with Crippen molar-refractivity contribution in [2.45, 2.75) is 58.3 Å². The third-order valence-electron chi connectivity index (χ3n) is 4.58. The molecule has 0 radical (unpaired) electrons. The number of hydrazone groups is 1. The molecule has 0 saturated carbocycles. The van der Waals surface area contributed by atoms with E-state index in [0.717, 1.165) is 18.4 Å². The van der Waals surface area contributed by atoms with Crippen LogP contribution in [0.25, 0.3) is 0 Å². The van der Waals surface area contributed by atoms with E-state index < -0.39 is 5.97 Å². The van der Waals surface area contributed by atoms with E-state index >= 15 is 0 Å². The van der Waals surface area contributed by atoms with Gasteiger partial charge in [-0.05, 0) is 60.5 Å². The highest BCUT2D eigenvalue weighted by Gasteiger charge is 2.08. The normalized spacial score (nSPS) is 10.9.